The lowest BCUT2D eigenvalue weighted by Gasteiger charge is -2.00. The van der Waals surface area contributed by atoms with Crippen LogP contribution in [0.5, 0.6) is 0 Å². The molecule has 0 N–H and O–H groups in total. The zero-order chi connectivity index (χ0) is 9.97. The van der Waals surface area contributed by atoms with Gasteiger partial charge in [-0.15, -0.1) is 0 Å². The number of hydrogen-bond donors (Lipinski definition) is 0. The van der Waals surface area contributed by atoms with E-state index in [2.05, 4.69) is 22.0 Å². The molecule has 0 saturated heterocycles. The van der Waals surface area contributed by atoms with Gasteiger partial charge in [-0.2, -0.15) is 0 Å². The van der Waals surface area contributed by atoms with Crippen molar-refractivity contribution in [3.05, 3.63) is 58.8 Å². The number of hydrogen-bond acceptors (Lipinski definition) is 0. The van der Waals surface area contributed by atoms with E-state index in [-0.39, 0.29) is 5.82 Å². The second-order valence-electron chi connectivity index (χ2n) is 2.93. The van der Waals surface area contributed by atoms with Gasteiger partial charge in [-0.1, -0.05) is 34.1 Å². The summed E-state index contributed by atoms with van der Waals surface area (Å²) in [6.45, 7) is 0. The smallest absolute Gasteiger partial charge is 0.123 e. The molecule has 0 unspecified atom stereocenters. The summed E-state index contributed by atoms with van der Waals surface area (Å²) in [4.78, 5) is 0. The lowest BCUT2D eigenvalue weighted by Crippen LogP contribution is -1.78. The minimum atomic E-state index is -0.213. The van der Waals surface area contributed by atoms with E-state index in [1.807, 2.05) is 18.2 Å². The molecule has 2 aromatic rings. The molecule has 0 heterocycles. The third-order valence-electron chi connectivity index (χ3n) is 1.95. The molecule has 14 heavy (non-hydrogen) atoms. The molecule has 0 aliphatic heterocycles. The van der Waals surface area contributed by atoms with Crippen LogP contribution in [0.3, 0.4) is 0 Å². The monoisotopic (exact) mass is 249 g/mol. The summed E-state index contributed by atoms with van der Waals surface area (Å²) in [5.74, 6) is -0.213. The van der Waals surface area contributed by atoms with Gasteiger partial charge in [0.1, 0.15) is 5.82 Å². The highest BCUT2D eigenvalue weighted by Gasteiger charge is 1.97. The van der Waals surface area contributed by atoms with Gasteiger partial charge in [0.15, 0.2) is 0 Å². The van der Waals surface area contributed by atoms with E-state index in [1.165, 1.54) is 12.1 Å². The van der Waals surface area contributed by atoms with Gasteiger partial charge in [-0.25, -0.2) is 4.39 Å². The average Bonchev–Trinajstić information content (AvgIpc) is 2.21. The Hall–Kier alpha value is -1.15. The summed E-state index contributed by atoms with van der Waals surface area (Å²) in [5, 5.41) is 0. The Morgan fingerprint density at radius 1 is 0.929 bits per heavy atom. The quantitative estimate of drug-likeness (QED) is 0.716. The van der Waals surface area contributed by atoms with Crippen molar-refractivity contribution >= 4 is 15.9 Å². The first-order valence-corrected chi connectivity index (χ1v) is 4.98. The van der Waals surface area contributed by atoms with Gasteiger partial charge in [0.2, 0.25) is 0 Å². The van der Waals surface area contributed by atoms with Gasteiger partial charge in [0.05, 0.1) is 0 Å². The highest BCUT2D eigenvalue weighted by molar-refractivity contribution is 9.10. The van der Waals surface area contributed by atoms with Crippen molar-refractivity contribution in [3.63, 3.8) is 0 Å². The molecular formula is C12H7BrF. The third-order valence-corrected chi connectivity index (χ3v) is 2.45. The average molecular weight is 250 g/mol. The van der Waals surface area contributed by atoms with E-state index in [9.17, 15) is 4.39 Å². The van der Waals surface area contributed by atoms with Crippen LogP contribution >= 0.6 is 15.9 Å². The molecule has 2 aromatic carbocycles. The summed E-state index contributed by atoms with van der Waals surface area (Å²) in [6.07, 6.45) is 0. The Kier molecular flexibility index (Phi) is 2.64. The van der Waals surface area contributed by atoms with E-state index in [0.29, 0.717) is 0 Å². The lowest BCUT2D eigenvalue weighted by atomic mass is 10.1. The Morgan fingerprint density at radius 2 is 1.57 bits per heavy atom. The van der Waals surface area contributed by atoms with Gasteiger partial charge in [0, 0.05) is 4.47 Å². The first-order valence-electron chi connectivity index (χ1n) is 4.19. The second kappa shape index (κ2) is 3.93. The van der Waals surface area contributed by atoms with Crippen LogP contribution in [0.2, 0.25) is 0 Å². The summed E-state index contributed by atoms with van der Waals surface area (Å²) in [7, 11) is 0. The molecule has 0 spiro atoms. The molecule has 0 saturated carbocycles. The summed E-state index contributed by atoms with van der Waals surface area (Å²) < 4.78 is 13.6. The Labute approximate surface area is 90.5 Å². The maximum Gasteiger partial charge on any atom is 0.123 e. The maximum absolute atomic E-state index is 12.7. The largest absolute Gasteiger partial charge is 0.207 e. The zero-order valence-corrected chi connectivity index (χ0v) is 8.88. The Balaban J connectivity index is 2.40. The number of benzene rings is 2. The fraction of sp³-hybridized carbons (Fsp3) is 0. The summed E-state index contributed by atoms with van der Waals surface area (Å²) in [5.41, 5.74) is 2.03. The minimum absolute atomic E-state index is 0.213. The van der Waals surface area contributed by atoms with Crippen molar-refractivity contribution < 1.29 is 4.39 Å². The standard InChI is InChI=1S/C12H7BrF/c13-11-5-1-9(2-6-11)10-3-7-12(14)8-4-10/h1-5,7-8H. The Morgan fingerprint density at radius 3 is 2.14 bits per heavy atom. The summed E-state index contributed by atoms with van der Waals surface area (Å²) >= 11 is 3.31. The van der Waals surface area contributed by atoms with Crippen molar-refractivity contribution in [1.29, 1.82) is 0 Å². The van der Waals surface area contributed by atoms with Crippen molar-refractivity contribution in [2.75, 3.05) is 0 Å². The molecule has 0 atom stereocenters. The number of rotatable bonds is 1. The van der Waals surface area contributed by atoms with E-state index in [4.69, 9.17) is 0 Å². The Bertz CT molecular complexity index is 374. The highest BCUT2D eigenvalue weighted by atomic mass is 79.9. The van der Waals surface area contributed by atoms with Gasteiger partial charge in [-0.3, -0.25) is 0 Å². The molecule has 0 aliphatic rings. The SMILES string of the molecule is Fc1ccc(-c2c[c]c(Br)cc2)cc1. The van der Waals surface area contributed by atoms with Crippen LogP contribution in [0.25, 0.3) is 11.1 Å². The fourth-order valence-electron chi connectivity index (χ4n) is 1.23. The van der Waals surface area contributed by atoms with Crippen LogP contribution < -0.4 is 0 Å². The molecule has 2 rings (SSSR count). The predicted octanol–water partition coefficient (Wildman–Crippen LogP) is 4.06. The van der Waals surface area contributed by atoms with Crippen molar-refractivity contribution in [2.45, 2.75) is 0 Å². The van der Waals surface area contributed by atoms with Crippen molar-refractivity contribution in [2.24, 2.45) is 0 Å². The van der Waals surface area contributed by atoms with E-state index >= 15 is 0 Å². The van der Waals surface area contributed by atoms with Gasteiger partial charge in [0.25, 0.3) is 0 Å². The molecule has 0 aliphatic carbocycles. The molecule has 2 heteroatoms. The van der Waals surface area contributed by atoms with Gasteiger partial charge in [-0.05, 0) is 41.5 Å². The van der Waals surface area contributed by atoms with Crippen LogP contribution in [0.15, 0.2) is 46.9 Å². The van der Waals surface area contributed by atoms with Crippen molar-refractivity contribution in [3.8, 4) is 11.1 Å². The first-order chi connectivity index (χ1) is 6.75. The van der Waals surface area contributed by atoms with E-state index in [0.717, 1.165) is 15.6 Å². The zero-order valence-electron chi connectivity index (χ0n) is 7.30. The highest BCUT2D eigenvalue weighted by Crippen LogP contribution is 2.21. The number of halogens is 2. The van der Waals surface area contributed by atoms with Crippen LogP contribution in [0.4, 0.5) is 4.39 Å². The first kappa shape index (κ1) is 9.41. The van der Waals surface area contributed by atoms with Crippen LogP contribution in [0.1, 0.15) is 0 Å². The fourth-order valence-corrected chi connectivity index (χ4v) is 1.47. The van der Waals surface area contributed by atoms with Crippen molar-refractivity contribution in [1.82, 2.24) is 0 Å². The lowest BCUT2D eigenvalue weighted by molar-refractivity contribution is 0.628. The minimum Gasteiger partial charge on any atom is -0.207 e. The maximum atomic E-state index is 12.7. The van der Waals surface area contributed by atoms with Gasteiger partial charge < -0.3 is 0 Å². The molecule has 0 fully saturated rings. The van der Waals surface area contributed by atoms with Crippen LogP contribution in [0, 0.1) is 11.9 Å². The molecular weight excluding hydrogens is 243 g/mol. The molecule has 0 bridgehead atoms. The third kappa shape index (κ3) is 2.02. The molecule has 1 radical (unpaired) electrons. The van der Waals surface area contributed by atoms with E-state index in [1.54, 1.807) is 12.1 Å². The predicted molar refractivity (Wildman–Crippen MR) is 58.4 cm³/mol. The molecule has 0 amide bonds. The van der Waals surface area contributed by atoms with E-state index < -0.39 is 0 Å². The summed E-state index contributed by atoms with van der Waals surface area (Å²) in [6, 6.07) is 15.2. The molecule has 69 valence electrons. The molecule has 0 aromatic heterocycles. The van der Waals surface area contributed by atoms with Crippen LogP contribution in [-0.4, -0.2) is 0 Å². The van der Waals surface area contributed by atoms with Crippen LogP contribution in [-0.2, 0) is 0 Å². The molecule has 0 nitrogen and oxygen atoms in total. The topological polar surface area (TPSA) is 0 Å². The van der Waals surface area contributed by atoms with Gasteiger partial charge >= 0.3 is 0 Å². The normalized spacial score (nSPS) is 10.1. The second-order valence-corrected chi connectivity index (χ2v) is 3.79.